The fourth-order valence-electron chi connectivity index (χ4n) is 2.01. The summed E-state index contributed by atoms with van der Waals surface area (Å²) in [6.07, 6.45) is 2.31. The molecule has 0 unspecified atom stereocenters. The molecule has 0 radical (unpaired) electrons. The number of hydrogen-bond donors (Lipinski definition) is 0. The first-order valence-corrected chi connectivity index (χ1v) is 6.81. The van der Waals surface area contributed by atoms with Gasteiger partial charge in [0.05, 0.1) is 0 Å². The minimum atomic E-state index is 0.968. The van der Waals surface area contributed by atoms with E-state index in [0.29, 0.717) is 0 Å². The van der Waals surface area contributed by atoms with E-state index in [1.807, 2.05) is 0 Å². The molecule has 19 heavy (non-hydrogen) atoms. The molecule has 0 aromatic heterocycles. The van der Waals surface area contributed by atoms with Gasteiger partial charge in [-0.1, -0.05) is 73.7 Å². The predicted molar refractivity (Wildman–Crippen MR) is 83.1 cm³/mol. The molecule has 0 N–H and O–H groups in total. The van der Waals surface area contributed by atoms with Gasteiger partial charge in [-0.05, 0) is 30.3 Å². The van der Waals surface area contributed by atoms with Crippen molar-refractivity contribution in [2.45, 2.75) is 6.92 Å². The molecule has 0 heterocycles. The van der Waals surface area contributed by atoms with Crippen LogP contribution in [-0.2, 0) is 0 Å². The van der Waals surface area contributed by atoms with E-state index < -0.39 is 0 Å². The first kappa shape index (κ1) is 13.6. The maximum absolute atomic E-state index is 2.31. The molecule has 0 aliphatic heterocycles. The van der Waals surface area contributed by atoms with Crippen LogP contribution in [0, 0.1) is 0 Å². The molecule has 0 spiro atoms. The van der Waals surface area contributed by atoms with Gasteiger partial charge in [0.1, 0.15) is 0 Å². The normalized spacial score (nSPS) is 10.5. The molecule has 0 saturated carbocycles. The highest BCUT2D eigenvalue weighted by atomic mass is 15.1. The molecule has 0 saturated heterocycles. The summed E-state index contributed by atoms with van der Waals surface area (Å²) in [5.41, 5.74) is 3.86. The molecule has 2 rings (SSSR count). The number of hydrogen-bond acceptors (Lipinski definition) is 1. The van der Waals surface area contributed by atoms with Crippen molar-refractivity contribution in [3.63, 3.8) is 0 Å². The summed E-state index contributed by atoms with van der Waals surface area (Å²) < 4.78 is 0. The predicted octanol–water partition coefficient (Wildman–Crippen LogP) is 4.07. The fourth-order valence-corrected chi connectivity index (χ4v) is 2.01. The van der Waals surface area contributed by atoms with Crippen LogP contribution in [0.25, 0.3) is 5.57 Å². The molecular formula is C18H21N. The largest absolute Gasteiger partial charge is 0.303 e. The van der Waals surface area contributed by atoms with E-state index >= 15 is 0 Å². The Bertz CT molecular complexity index is 472. The van der Waals surface area contributed by atoms with Gasteiger partial charge >= 0.3 is 0 Å². The number of likely N-dealkylation sites (N-methyl/N-ethyl adjacent to an activating group) is 1. The Balaban J connectivity index is 2.34. The van der Waals surface area contributed by atoms with Gasteiger partial charge in [-0.2, -0.15) is 0 Å². The van der Waals surface area contributed by atoms with E-state index in [9.17, 15) is 0 Å². The van der Waals surface area contributed by atoms with Crippen LogP contribution in [0.4, 0.5) is 0 Å². The fraction of sp³-hybridized carbons (Fsp3) is 0.222. The summed E-state index contributed by atoms with van der Waals surface area (Å²) in [5.74, 6) is 0. The molecule has 0 fully saturated rings. The smallest absolute Gasteiger partial charge is 0.0169 e. The summed E-state index contributed by atoms with van der Waals surface area (Å²) in [7, 11) is 2.14. The molecule has 1 heteroatoms. The average Bonchev–Trinajstić information content (AvgIpc) is 2.49. The lowest BCUT2D eigenvalue weighted by Crippen LogP contribution is -2.17. The van der Waals surface area contributed by atoms with Crippen LogP contribution in [0.15, 0.2) is 66.7 Å². The van der Waals surface area contributed by atoms with E-state index in [0.717, 1.165) is 13.1 Å². The summed E-state index contributed by atoms with van der Waals surface area (Å²) in [4.78, 5) is 2.30. The molecular weight excluding hydrogens is 230 g/mol. The first-order valence-electron chi connectivity index (χ1n) is 6.81. The Morgan fingerprint density at radius 3 is 1.79 bits per heavy atom. The van der Waals surface area contributed by atoms with Gasteiger partial charge in [-0.25, -0.2) is 0 Å². The third-order valence-corrected chi connectivity index (χ3v) is 3.32. The zero-order valence-electron chi connectivity index (χ0n) is 11.7. The number of nitrogens with zero attached hydrogens (tertiary/aromatic N) is 1. The summed E-state index contributed by atoms with van der Waals surface area (Å²) in [6, 6.07) is 21.2. The number of benzene rings is 2. The van der Waals surface area contributed by atoms with Crippen molar-refractivity contribution >= 4 is 5.57 Å². The van der Waals surface area contributed by atoms with Crippen LogP contribution in [-0.4, -0.2) is 25.0 Å². The lowest BCUT2D eigenvalue weighted by molar-refractivity contribution is 0.393. The zero-order valence-corrected chi connectivity index (χ0v) is 11.7. The van der Waals surface area contributed by atoms with Gasteiger partial charge in [-0.3, -0.25) is 0 Å². The molecule has 0 aliphatic carbocycles. The van der Waals surface area contributed by atoms with Crippen LogP contribution in [0.5, 0.6) is 0 Å². The van der Waals surface area contributed by atoms with E-state index in [1.165, 1.54) is 16.7 Å². The molecule has 98 valence electrons. The molecule has 2 aromatic carbocycles. The van der Waals surface area contributed by atoms with E-state index in [2.05, 4.69) is 85.6 Å². The average molecular weight is 251 g/mol. The van der Waals surface area contributed by atoms with Crippen molar-refractivity contribution < 1.29 is 0 Å². The van der Waals surface area contributed by atoms with E-state index in [4.69, 9.17) is 0 Å². The Hall–Kier alpha value is -1.86. The Labute approximate surface area is 116 Å². The second kappa shape index (κ2) is 6.91. The van der Waals surface area contributed by atoms with Crippen LogP contribution < -0.4 is 0 Å². The minimum Gasteiger partial charge on any atom is -0.303 e. The Morgan fingerprint density at radius 1 is 0.895 bits per heavy atom. The lowest BCUT2D eigenvalue weighted by Gasteiger charge is -2.13. The third kappa shape index (κ3) is 3.80. The monoisotopic (exact) mass is 251 g/mol. The lowest BCUT2D eigenvalue weighted by atomic mass is 9.97. The maximum Gasteiger partial charge on any atom is 0.0169 e. The van der Waals surface area contributed by atoms with Gasteiger partial charge in [0.15, 0.2) is 0 Å². The first-order chi connectivity index (χ1) is 9.31. The summed E-state index contributed by atoms with van der Waals surface area (Å²) >= 11 is 0. The van der Waals surface area contributed by atoms with Gasteiger partial charge in [0, 0.05) is 6.54 Å². The van der Waals surface area contributed by atoms with Crippen molar-refractivity contribution in [1.82, 2.24) is 4.90 Å². The van der Waals surface area contributed by atoms with Gasteiger partial charge in [-0.15, -0.1) is 0 Å². The highest BCUT2D eigenvalue weighted by molar-refractivity contribution is 5.79. The molecule has 0 bridgehead atoms. The van der Waals surface area contributed by atoms with Crippen molar-refractivity contribution in [3.8, 4) is 0 Å². The van der Waals surface area contributed by atoms with Crippen molar-refractivity contribution in [3.05, 3.63) is 77.9 Å². The highest BCUT2D eigenvalue weighted by Gasteiger charge is 2.04. The summed E-state index contributed by atoms with van der Waals surface area (Å²) in [5, 5.41) is 0. The SMILES string of the molecule is CCN(C)CC=C(c1ccccc1)c1ccccc1. The Morgan fingerprint density at radius 2 is 1.37 bits per heavy atom. The number of rotatable bonds is 5. The second-order valence-corrected chi connectivity index (χ2v) is 4.70. The third-order valence-electron chi connectivity index (χ3n) is 3.32. The van der Waals surface area contributed by atoms with E-state index in [-0.39, 0.29) is 0 Å². The van der Waals surface area contributed by atoms with Crippen LogP contribution in [0.2, 0.25) is 0 Å². The van der Waals surface area contributed by atoms with E-state index in [1.54, 1.807) is 0 Å². The van der Waals surface area contributed by atoms with Crippen LogP contribution in [0.3, 0.4) is 0 Å². The second-order valence-electron chi connectivity index (χ2n) is 4.70. The molecule has 0 atom stereocenters. The summed E-state index contributed by atoms with van der Waals surface area (Å²) in [6.45, 7) is 4.21. The van der Waals surface area contributed by atoms with Crippen molar-refractivity contribution in [2.75, 3.05) is 20.1 Å². The van der Waals surface area contributed by atoms with Gasteiger partial charge in [0.25, 0.3) is 0 Å². The standard InChI is InChI=1S/C18H21N/c1-3-19(2)15-14-18(16-10-6-4-7-11-16)17-12-8-5-9-13-17/h4-14H,3,15H2,1-2H3. The van der Waals surface area contributed by atoms with Crippen molar-refractivity contribution in [1.29, 1.82) is 0 Å². The zero-order chi connectivity index (χ0) is 13.5. The van der Waals surface area contributed by atoms with Crippen molar-refractivity contribution in [2.24, 2.45) is 0 Å². The molecule has 2 aromatic rings. The minimum absolute atomic E-state index is 0.968. The van der Waals surface area contributed by atoms with Gasteiger partial charge in [0.2, 0.25) is 0 Å². The molecule has 0 amide bonds. The Kier molecular flexibility index (Phi) is 4.93. The van der Waals surface area contributed by atoms with Crippen LogP contribution in [0.1, 0.15) is 18.1 Å². The molecule has 0 aliphatic rings. The van der Waals surface area contributed by atoms with Gasteiger partial charge < -0.3 is 4.90 Å². The highest BCUT2D eigenvalue weighted by Crippen LogP contribution is 2.22. The maximum atomic E-state index is 2.31. The quantitative estimate of drug-likeness (QED) is 0.774. The molecule has 1 nitrogen and oxygen atoms in total. The van der Waals surface area contributed by atoms with Crippen LogP contribution >= 0.6 is 0 Å². The topological polar surface area (TPSA) is 3.24 Å².